The minimum Gasteiger partial charge on any atom is -0.370 e. The predicted octanol–water partition coefficient (Wildman–Crippen LogP) is 1.90. The molecular weight excluding hydrogens is 311 g/mol. The number of rotatable bonds is 5. The van der Waals surface area contributed by atoms with Crippen LogP contribution in [-0.4, -0.2) is 32.8 Å². The van der Waals surface area contributed by atoms with E-state index in [2.05, 4.69) is 25.5 Å². The third kappa shape index (κ3) is 4.56. The second-order valence-corrected chi connectivity index (χ2v) is 5.04. The fourth-order valence-electron chi connectivity index (χ4n) is 2.34. The van der Waals surface area contributed by atoms with Crippen molar-refractivity contribution in [2.24, 2.45) is 5.73 Å². The molecule has 1 aliphatic carbocycles. The Morgan fingerprint density at radius 2 is 2.10 bits per heavy atom. The molecule has 1 fully saturated rings. The van der Waals surface area contributed by atoms with Gasteiger partial charge in [0.05, 0.1) is 6.20 Å². The molecule has 1 aliphatic rings. The molecule has 4 N–H and O–H groups in total. The van der Waals surface area contributed by atoms with Crippen LogP contribution in [0.15, 0.2) is 24.8 Å². The van der Waals surface area contributed by atoms with Gasteiger partial charge in [-0.25, -0.2) is 9.97 Å². The molecule has 3 rings (SSSR count). The van der Waals surface area contributed by atoms with Crippen LogP contribution in [0.25, 0.3) is 0 Å². The Labute approximate surface area is 136 Å². The Kier molecular flexibility index (Phi) is 6.87. The van der Waals surface area contributed by atoms with Crippen molar-refractivity contribution in [3.63, 3.8) is 0 Å². The highest BCUT2D eigenvalue weighted by Crippen LogP contribution is 2.34. The first kappa shape index (κ1) is 17.7. The zero-order chi connectivity index (χ0) is 13.1. The minimum absolute atomic E-state index is 0. The first-order valence-electron chi connectivity index (χ1n) is 6.60. The molecule has 0 bridgehead atoms. The Bertz CT molecular complexity index is 527. The third-order valence-corrected chi connectivity index (χ3v) is 3.56. The van der Waals surface area contributed by atoms with E-state index in [1.165, 1.54) is 5.56 Å². The van der Waals surface area contributed by atoms with Crippen LogP contribution in [0, 0.1) is 0 Å². The second kappa shape index (κ2) is 8.17. The molecule has 2 aromatic heterocycles. The molecule has 1 saturated carbocycles. The number of hydrogen-bond acceptors (Lipinski definition) is 5. The molecule has 0 aliphatic heterocycles. The quantitative estimate of drug-likeness (QED) is 0.778. The number of H-pyrrole nitrogens is 1. The van der Waals surface area contributed by atoms with E-state index in [0.717, 1.165) is 37.3 Å². The lowest BCUT2D eigenvalue weighted by molar-refractivity contribution is 0.345. The number of nitrogens with zero attached hydrogens (tertiary/aromatic N) is 3. The molecule has 0 spiro atoms. The summed E-state index contributed by atoms with van der Waals surface area (Å²) in [7, 11) is 0. The Hall–Kier alpha value is -1.37. The number of anilines is 1. The maximum Gasteiger partial charge on any atom is 0.129 e. The standard InChI is InChI=1S/C13H18N6.2ClH/c14-11-3-10(4-11)12-5-13(17-8-16-12)15-2-1-9-6-18-19-7-9;;/h5-8,10-11H,1-4,14H2,(H,18,19)(H,15,16,17);2*1H. The number of aromatic nitrogens is 4. The molecule has 0 amide bonds. The molecule has 2 heterocycles. The van der Waals surface area contributed by atoms with Gasteiger partial charge in [-0.3, -0.25) is 5.10 Å². The minimum atomic E-state index is 0. The molecule has 0 saturated heterocycles. The molecule has 0 radical (unpaired) electrons. The van der Waals surface area contributed by atoms with Crippen LogP contribution >= 0.6 is 24.8 Å². The van der Waals surface area contributed by atoms with Gasteiger partial charge in [-0.2, -0.15) is 5.10 Å². The molecule has 0 unspecified atom stereocenters. The summed E-state index contributed by atoms with van der Waals surface area (Å²) >= 11 is 0. The van der Waals surface area contributed by atoms with Crippen LogP contribution < -0.4 is 11.1 Å². The van der Waals surface area contributed by atoms with Gasteiger partial charge in [-0.15, -0.1) is 24.8 Å². The summed E-state index contributed by atoms with van der Waals surface area (Å²) in [5, 5.41) is 10.0. The zero-order valence-electron chi connectivity index (χ0n) is 11.5. The highest BCUT2D eigenvalue weighted by Gasteiger charge is 2.28. The molecule has 8 heteroatoms. The first-order chi connectivity index (χ1) is 9.31. The summed E-state index contributed by atoms with van der Waals surface area (Å²) in [6.07, 6.45) is 8.35. The normalized spacial score (nSPS) is 19.9. The van der Waals surface area contributed by atoms with E-state index in [0.29, 0.717) is 12.0 Å². The number of aromatic amines is 1. The average molecular weight is 331 g/mol. The summed E-state index contributed by atoms with van der Waals surface area (Å²) in [6.45, 7) is 0.833. The lowest BCUT2D eigenvalue weighted by Crippen LogP contribution is -2.35. The fourth-order valence-corrected chi connectivity index (χ4v) is 2.34. The van der Waals surface area contributed by atoms with E-state index in [-0.39, 0.29) is 24.8 Å². The number of nitrogens with one attached hydrogen (secondary N) is 2. The number of halogens is 2. The van der Waals surface area contributed by atoms with Crippen LogP contribution in [0.3, 0.4) is 0 Å². The lowest BCUT2D eigenvalue weighted by Gasteiger charge is -2.31. The number of nitrogens with two attached hydrogens (primary N) is 1. The van der Waals surface area contributed by atoms with Crippen LogP contribution in [0.1, 0.15) is 30.0 Å². The Balaban J connectivity index is 0.00000110. The van der Waals surface area contributed by atoms with Crippen LogP contribution in [0.4, 0.5) is 5.82 Å². The van der Waals surface area contributed by atoms with Gasteiger partial charge in [-0.1, -0.05) is 0 Å². The highest BCUT2D eigenvalue weighted by molar-refractivity contribution is 5.85. The van der Waals surface area contributed by atoms with Crippen LogP contribution in [0.2, 0.25) is 0 Å². The van der Waals surface area contributed by atoms with Crippen molar-refractivity contribution >= 4 is 30.6 Å². The largest absolute Gasteiger partial charge is 0.370 e. The van der Waals surface area contributed by atoms with Gasteiger partial charge in [0.15, 0.2) is 0 Å². The van der Waals surface area contributed by atoms with E-state index in [1.807, 2.05) is 18.5 Å². The molecule has 2 aromatic rings. The van der Waals surface area contributed by atoms with Crippen molar-refractivity contribution in [1.82, 2.24) is 20.2 Å². The van der Waals surface area contributed by atoms with Gasteiger partial charge >= 0.3 is 0 Å². The SMILES string of the molecule is Cl.Cl.NC1CC(c2cc(NCCc3cn[nH]c3)ncn2)C1. The molecule has 21 heavy (non-hydrogen) atoms. The monoisotopic (exact) mass is 330 g/mol. The maximum absolute atomic E-state index is 5.81. The van der Waals surface area contributed by atoms with Crippen molar-refractivity contribution in [1.29, 1.82) is 0 Å². The van der Waals surface area contributed by atoms with E-state index < -0.39 is 0 Å². The van der Waals surface area contributed by atoms with Crippen molar-refractivity contribution in [3.8, 4) is 0 Å². The Morgan fingerprint density at radius 3 is 2.76 bits per heavy atom. The predicted molar refractivity (Wildman–Crippen MR) is 87.3 cm³/mol. The average Bonchev–Trinajstić information content (AvgIpc) is 2.89. The zero-order valence-corrected chi connectivity index (χ0v) is 13.2. The van der Waals surface area contributed by atoms with Crippen LogP contribution in [0.5, 0.6) is 0 Å². The van der Waals surface area contributed by atoms with Crippen molar-refractivity contribution in [2.45, 2.75) is 31.2 Å². The highest BCUT2D eigenvalue weighted by atomic mass is 35.5. The van der Waals surface area contributed by atoms with Crippen LogP contribution in [-0.2, 0) is 6.42 Å². The molecule has 116 valence electrons. The van der Waals surface area contributed by atoms with Crippen molar-refractivity contribution in [3.05, 3.63) is 36.0 Å². The van der Waals surface area contributed by atoms with E-state index in [9.17, 15) is 0 Å². The van der Waals surface area contributed by atoms with Gasteiger partial charge < -0.3 is 11.1 Å². The number of hydrogen-bond donors (Lipinski definition) is 3. The van der Waals surface area contributed by atoms with Gasteiger partial charge in [0.2, 0.25) is 0 Å². The smallest absolute Gasteiger partial charge is 0.129 e. The second-order valence-electron chi connectivity index (χ2n) is 5.04. The van der Waals surface area contributed by atoms with E-state index >= 15 is 0 Å². The van der Waals surface area contributed by atoms with Crippen molar-refractivity contribution in [2.75, 3.05) is 11.9 Å². The molecule has 0 aromatic carbocycles. The summed E-state index contributed by atoms with van der Waals surface area (Å²) < 4.78 is 0. The third-order valence-electron chi connectivity index (χ3n) is 3.56. The van der Waals surface area contributed by atoms with Gasteiger partial charge in [0.25, 0.3) is 0 Å². The summed E-state index contributed by atoms with van der Waals surface area (Å²) in [4.78, 5) is 8.57. The lowest BCUT2D eigenvalue weighted by atomic mass is 9.79. The van der Waals surface area contributed by atoms with Gasteiger partial charge in [0, 0.05) is 36.5 Å². The fraction of sp³-hybridized carbons (Fsp3) is 0.462. The maximum atomic E-state index is 5.81. The van der Waals surface area contributed by atoms with E-state index in [1.54, 1.807) is 6.33 Å². The molecule has 6 nitrogen and oxygen atoms in total. The summed E-state index contributed by atoms with van der Waals surface area (Å²) in [5.74, 6) is 1.39. The molecule has 0 atom stereocenters. The van der Waals surface area contributed by atoms with Gasteiger partial charge in [0.1, 0.15) is 12.1 Å². The van der Waals surface area contributed by atoms with E-state index in [4.69, 9.17) is 5.73 Å². The summed E-state index contributed by atoms with van der Waals surface area (Å²) in [5.41, 5.74) is 8.10. The van der Waals surface area contributed by atoms with Crippen molar-refractivity contribution < 1.29 is 0 Å². The summed E-state index contributed by atoms with van der Waals surface area (Å²) in [6, 6.07) is 2.38. The van der Waals surface area contributed by atoms with Gasteiger partial charge in [-0.05, 0) is 24.8 Å². The first-order valence-corrected chi connectivity index (χ1v) is 6.60. The molecular formula is C13H20Cl2N6. The Morgan fingerprint density at radius 1 is 1.29 bits per heavy atom. The topological polar surface area (TPSA) is 92.5 Å².